The zero-order valence-corrected chi connectivity index (χ0v) is 20.0. The van der Waals surface area contributed by atoms with Crippen molar-refractivity contribution in [2.24, 2.45) is 5.10 Å². The first-order valence-corrected chi connectivity index (χ1v) is 11.7. The number of halogens is 2. The quantitative estimate of drug-likeness (QED) is 0.270. The van der Waals surface area contributed by atoms with E-state index in [1.807, 2.05) is 31.2 Å². The van der Waals surface area contributed by atoms with Crippen LogP contribution in [-0.2, 0) is 4.79 Å². The Morgan fingerprint density at radius 1 is 1.31 bits per heavy atom. The van der Waals surface area contributed by atoms with Gasteiger partial charge in [0.25, 0.3) is 5.91 Å². The number of thioether (sulfide) groups is 1. The molecule has 2 N–H and O–H groups in total. The minimum absolute atomic E-state index is 0.0386. The highest BCUT2D eigenvalue weighted by atomic mass is 79.9. The van der Waals surface area contributed by atoms with E-state index < -0.39 is 5.92 Å². The van der Waals surface area contributed by atoms with Crippen molar-refractivity contribution in [2.45, 2.75) is 18.0 Å². The van der Waals surface area contributed by atoms with Gasteiger partial charge in [0, 0.05) is 15.1 Å². The molecule has 162 valence electrons. The molecule has 4 rings (SSSR count). The van der Waals surface area contributed by atoms with Gasteiger partial charge in [0.2, 0.25) is 5.16 Å². The molecule has 1 aliphatic rings. The predicted molar refractivity (Wildman–Crippen MR) is 129 cm³/mol. The Labute approximate surface area is 201 Å². The van der Waals surface area contributed by atoms with Crippen molar-refractivity contribution in [1.82, 2.24) is 20.6 Å². The van der Waals surface area contributed by atoms with Crippen LogP contribution in [0, 0.1) is 0 Å². The van der Waals surface area contributed by atoms with Gasteiger partial charge in [-0.15, -0.1) is 5.10 Å². The third kappa shape index (κ3) is 5.17. The lowest BCUT2D eigenvalue weighted by molar-refractivity contribution is -0.118. The van der Waals surface area contributed by atoms with Crippen molar-refractivity contribution < 1.29 is 9.59 Å². The summed E-state index contributed by atoms with van der Waals surface area (Å²) in [7, 11) is 0. The summed E-state index contributed by atoms with van der Waals surface area (Å²) in [6.45, 7) is 1.90. The topological polar surface area (TPSA) is 100 Å². The highest BCUT2D eigenvalue weighted by Crippen LogP contribution is 2.35. The smallest absolute Gasteiger partial charge is 0.250 e. The fourth-order valence-corrected chi connectivity index (χ4v) is 4.33. The van der Waals surface area contributed by atoms with Gasteiger partial charge in [-0.2, -0.15) is 5.10 Å². The molecule has 1 atom stereocenters. The molecule has 32 heavy (non-hydrogen) atoms. The number of hydrogen-bond donors (Lipinski definition) is 2. The van der Waals surface area contributed by atoms with Crippen LogP contribution in [0.4, 0.5) is 0 Å². The Morgan fingerprint density at radius 2 is 2.09 bits per heavy atom. The van der Waals surface area contributed by atoms with Gasteiger partial charge in [-0.3, -0.25) is 14.7 Å². The van der Waals surface area contributed by atoms with E-state index >= 15 is 0 Å². The standard InChI is InChI=1S/C22H17BrClN5O2S/c1-12-8-14-4-5-15(23)9-17(14)20(31)19(12)21-26-22(29-28-21)32-11-18(30)27-25-10-13-2-6-16(24)7-3-13/h2-10,19H,11H2,1H3,(H,27,30)(H,26,28,29)/b25-10+. The number of ketones is 1. The van der Waals surface area contributed by atoms with Crippen molar-refractivity contribution in [3.63, 3.8) is 0 Å². The fraction of sp³-hybridized carbons (Fsp3) is 0.136. The number of rotatable bonds is 6. The molecule has 0 saturated carbocycles. The average Bonchev–Trinajstić information content (AvgIpc) is 3.23. The van der Waals surface area contributed by atoms with Crippen molar-refractivity contribution in [2.75, 3.05) is 5.75 Å². The third-order valence-corrected chi connectivity index (χ3v) is 6.33. The number of fused-ring (bicyclic) bond motifs is 1. The summed E-state index contributed by atoms with van der Waals surface area (Å²) >= 11 is 10.4. The molecule has 0 fully saturated rings. The maximum atomic E-state index is 13.1. The molecule has 1 heterocycles. The Bertz CT molecular complexity index is 1240. The van der Waals surface area contributed by atoms with Crippen LogP contribution in [0.5, 0.6) is 0 Å². The van der Waals surface area contributed by atoms with E-state index in [0.29, 0.717) is 21.6 Å². The highest BCUT2D eigenvalue weighted by Gasteiger charge is 2.32. The number of Topliss-reactive ketones (excluding diaryl/α,β-unsaturated/α-hetero) is 1. The minimum Gasteiger partial charge on any atom is -0.293 e. The largest absolute Gasteiger partial charge is 0.293 e. The van der Waals surface area contributed by atoms with Gasteiger partial charge in [0.15, 0.2) is 5.78 Å². The summed E-state index contributed by atoms with van der Waals surface area (Å²) in [4.78, 5) is 29.5. The zero-order chi connectivity index (χ0) is 22.7. The van der Waals surface area contributed by atoms with Gasteiger partial charge in [-0.25, -0.2) is 10.4 Å². The van der Waals surface area contributed by atoms with Crippen LogP contribution >= 0.6 is 39.3 Å². The van der Waals surface area contributed by atoms with E-state index in [1.165, 1.54) is 6.21 Å². The number of H-pyrrole nitrogens is 1. The Hall–Kier alpha value is -2.75. The monoisotopic (exact) mass is 529 g/mol. The maximum Gasteiger partial charge on any atom is 0.250 e. The first kappa shape index (κ1) is 22.4. The van der Waals surface area contributed by atoms with Gasteiger partial charge < -0.3 is 0 Å². The van der Waals surface area contributed by atoms with Crippen LogP contribution in [0.3, 0.4) is 0 Å². The first-order valence-electron chi connectivity index (χ1n) is 9.55. The molecule has 0 radical (unpaired) electrons. The summed E-state index contributed by atoms with van der Waals surface area (Å²) in [5, 5.41) is 11.9. The lowest BCUT2D eigenvalue weighted by atomic mass is 9.82. The van der Waals surface area contributed by atoms with E-state index in [1.54, 1.807) is 24.3 Å². The maximum absolute atomic E-state index is 13.1. The Morgan fingerprint density at radius 3 is 2.88 bits per heavy atom. The summed E-state index contributed by atoms with van der Waals surface area (Å²) in [6, 6.07) is 12.7. The average molecular weight is 531 g/mol. The second-order valence-electron chi connectivity index (χ2n) is 7.05. The number of aromatic nitrogens is 3. The fourth-order valence-electron chi connectivity index (χ4n) is 3.24. The van der Waals surface area contributed by atoms with Crippen LogP contribution < -0.4 is 5.43 Å². The van der Waals surface area contributed by atoms with Gasteiger partial charge in [0.1, 0.15) is 11.7 Å². The molecular weight excluding hydrogens is 514 g/mol. The number of allylic oxidation sites excluding steroid dienone is 1. The summed E-state index contributed by atoms with van der Waals surface area (Å²) in [6.07, 6.45) is 3.51. The number of hydrazone groups is 1. The van der Waals surface area contributed by atoms with Crippen LogP contribution in [0.2, 0.25) is 5.02 Å². The number of benzene rings is 2. The van der Waals surface area contributed by atoms with Crippen molar-refractivity contribution in [3.05, 3.63) is 80.0 Å². The molecular formula is C22H17BrClN5O2S. The van der Waals surface area contributed by atoms with Crippen molar-refractivity contribution in [3.8, 4) is 0 Å². The molecule has 7 nitrogen and oxygen atoms in total. The molecule has 0 aliphatic heterocycles. The van der Waals surface area contributed by atoms with Gasteiger partial charge in [0.05, 0.1) is 12.0 Å². The van der Waals surface area contributed by atoms with Crippen LogP contribution in [0.15, 0.2) is 62.8 Å². The van der Waals surface area contributed by atoms with Crippen molar-refractivity contribution in [1.29, 1.82) is 0 Å². The number of nitrogens with zero attached hydrogens (tertiary/aromatic N) is 3. The molecule has 0 bridgehead atoms. The predicted octanol–water partition coefficient (Wildman–Crippen LogP) is 4.85. The SMILES string of the molecule is CC1=Cc2ccc(Br)cc2C(=O)C1c1nc(SCC(=O)N/N=C/c2ccc(Cl)cc2)n[nH]1. The summed E-state index contributed by atoms with van der Waals surface area (Å²) in [5.41, 5.74) is 5.68. The normalized spacial score (nSPS) is 15.5. The second kappa shape index (κ2) is 9.81. The number of hydrogen-bond acceptors (Lipinski definition) is 6. The molecule has 1 unspecified atom stereocenters. The highest BCUT2D eigenvalue weighted by molar-refractivity contribution is 9.10. The molecule has 1 aliphatic carbocycles. The Balaban J connectivity index is 1.36. The van der Waals surface area contributed by atoms with E-state index in [-0.39, 0.29) is 17.4 Å². The van der Waals surface area contributed by atoms with E-state index in [2.05, 4.69) is 41.6 Å². The van der Waals surface area contributed by atoms with Crippen LogP contribution in [0.1, 0.15) is 40.2 Å². The Kier molecular flexibility index (Phi) is 6.88. The molecule has 1 aromatic heterocycles. The van der Waals surface area contributed by atoms with E-state index in [0.717, 1.165) is 32.9 Å². The van der Waals surface area contributed by atoms with Crippen LogP contribution in [-0.4, -0.2) is 38.8 Å². The molecule has 2 aromatic carbocycles. The first-order chi connectivity index (χ1) is 15.4. The number of carbonyl (C=O) groups is 2. The number of carbonyl (C=O) groups excluding carboxylic acids is 2. The lowest BCUT2D eigenvalue weighted by Crippen LogP contribution is -2.20. The second-order valence-corrected chi connectivity index (χ2v) is 9.35. The summed E-state index contributed by atoms with van der Waals surface area (Å²) < 4.78 is 0.842. The number of aromatic amines is 1. The van der Waals surface area contributed by atoms with E-state index in [4.69, 9.17) is 11.6 Å². The van der Waals surface area contributed by atoms with Crippen LogP contribution in [0.25, 0.3) is 6.08 Å². The van der Waals surface area contributed by atoms with Gasteiger partial charge >= 0.3 is 0 Å². The van der Waals surface area contributed by atoms with E-state index in [9.17, 15) is 9.59 Å². The summed E-state index contributed by atoms with van der Waals surface area (Å²) in [5.74, 6) is -0.328. The third-order valence-electron chi connectivity index (χ3n) is 4.74. The molecule has 3 aromatic rings. The number of amides is 1. The molecule has 0 spiro atoms. The van der Waals surface area contributed by atoms with Gasteiger partial charge in [-0.1, -0.05) is 69.1 Å². The molecule has 0 saturated heterocycles. The minimum atomic E-state index is -0.531. The van der Waals surface area contributed by atoms with Gasteiger partial charge in [-0.05, 0) is 42.3 Å². The lowest BCUT2D eigenvalue weighted by Gasteiger charge is -2.21. The molecule has 10 heteroatoms. The van der Waals surface area contributed by atoms with Crippen molar-refractivity contribution >= 4 is 63.3 Å². The zero-order valence-electron chi connectivity index (χ0n) is 16.8. The molecule has 1 amide bonds. The number of nitrogens with one attached hydrogen (secondary N) is 2.